The van der Waals surface area contributed by atoms with Crippen LogP contribution in [0.15, 0.2) is 30.6 Å². The van der Waals surface area contributed by atoms with Gasteiger partial charge in [0.15, 0.2) is 6.23 Å². The Morgan fingerprint density at radius 3 is 2.71 bits per heavy atom. The summed E-state index contributed by atoms with van der Waals surface area (Å²) in [6, 6.07) is 5.22. The molecule has 2 aliphatic heterocycles. The second-order valence-corrected chi connectivity index (χ2v) is 7.47. The maximum atomic E-state index is 12.0. The van der Waals surface area contributed by atoms with Crippen LogP contribution in [0.5, 0.6) is 0 Å². The molecule has 0 bridgehead atoms. The van der Waals surface area contributed by atoms with Gasteiger partial charge in [0.25, 0.3) is 0 Å². The number of nitrogens with zero attached hydrogens (tertiary/aromatic N) is 5. The standard InChI is InChI=1S/C21H23N5O4.K.H/c27-21(28)15-13-17(25-8-11-29-12-9-25)24-19-14(15)4-6-22-20(19)16-5-7-23-26(16)18-3-1-2-10-30-18;;/h4-7,13,18H,1-3,8-12H2,(H,27,28);;. The third-order valence-corrected chi connectivity index (χ3v) is 5.62. The Morgan fingerprint density at radius 1 is 1.13 bits per heavy atom. The fourth-order valence-corrected chi connectivity index (χ4v) is 4.10. The van der Waals surface area contributed by atoms with Crippen molar-refractivity contribution in [3.8, 4) is 11.4 Å². The number of fused-ring (bicyclic) bond motifs is 1. The van der Waals surface area contributed by atoms with Gasteiger partial charge in [-0.2, -0.15) is 5.10 Å². The van der Waals surface area contributed by atoms with Crippen molar-refractivity contribution in [2.75, 3.05) is 37.8 Å². The number of hydrogen-bond acceptors (Lipinski definition) is 7. The summed E-state index contributed by atoms with van der Waals surface area (Å²) in [5.41, 5.74) is 2.15. The molecule has 0 saturated carbocycles. The Kier molecular flexibility index (Phi) is 7.37. The SMILES string of the molecule is O=C(O)c1cc(N2CCOCC2)nc2c(-c3ccnn3C3CCCCO3)nccc12.[KH]. The van der Waals surface area contributed by atoms with Crippen LogP contribution in [0, 0.1) is 0 Å². The molecule has 5 rings (SSSR count). The molecule has 9 nitrogen and oxygen atoms in total. The molecule has 10 heteroatoms. The van der Waals surface area contributed by atoms with Gasteiger partial charge in [0.05, 0.1) is 24.5 Å². The molecule has 1 N–H and O–H groups in total. The van der Waals surface area contributed by atoms with E-state index in [1.165, 1.54) is 0 Å². The molecule has 2 aliphatic rings. The zero-order valence-electron chi connectivity index (χ0n) is 16.5. The van der Waals surface area contributed by atoms with E-state index < -0.39 is 5.97 Å². The van der Waals surface area contributed by atoms with E-state index in [2.05, 4.69) is 10.1 Å². The quantitative estimate of drug-likeness (QED) is 0.604. The minimum absolute atomic E-state index is 0. The van der Waals surface area contributed by atoms with Crippen LogP contribution in [0.25, 0.3) is 22.3 Å². The zero-order valence-corrected chi connectivity index (χ0v) is 16.5. The fraction of sp³-hybridized carbons (Fsp3) is 0.429. The average molecular weight is 450 g/mol. The molecule has 2 fully saturated rings. The number of carboxylic acid groups (broad SMARTS) is 1. The number of carboxylic acids is 1. The van der Waals surface area contributed by atoms with Gasteiger partial charge in [0.1, 0.15) is 17.0 Å². The summed E-state index contributed by atoms with van der Waals surface area (Å²) in [6.07, 6.45) is 6.20. The van der Waals surface area contributed by atoms with Gasteiger partial charge in [0.2, 0.25) is 0 Å². The van der Waals surface area contributed by atoms with E-state index in [-0.39, 0.29) is 63.2 Å². The molecular weight excluding hydrogens is 425 g/mol. The van der Waals surface area contributed by atoms with E-state index in [4.69, 9.17) is 14.5 Å². The summed E-state index contributed by atoms with van der Waals surface area (Å²) >= 11 is 0. The molecule has 158 valence electrons. The first-order chi connectivity index (χ1) is 14.7. The summed E-state index contributed by atoms with van der Waals surface area (Å²) in [6.45, 7) is 3.22. The van der Waals surface area contributed by atoms with Gasteiger partial charge < -0.3 is 19.5 Å². The molecule has 31 heavy (non-hydrogen) atoms. The number of ether oxygens (including phenoxy) is 2. The monoisotopic (exact) mass is 449 g/mol. The van der Waals surface area contributed by atoms with Crippen molar-refractivity contribution in [2.45, 2.75) is 25.5 Å². The van der Waals surface area contributed by atoms with Gasteiger partial charge in [0, 0.05) is 37.5 Å². The third-order valence-electron chi connectivity index (χ3n) is 5.62. The summed E-state index contributed by atoms with van der Waals surface area (Å²) in [5, 5.41) is 14.9. The van der Waals surface area contributed by atoms with Crippen LogP contribution in [0.1, 0.15) is 35.8 Å². The molecule has 1 unspecified atom stereocenters. The number of anilines is 1. The van der Waals surface area contributed by atoms with Crippen molar-refractivity contribution < 1.29 is 19.4 Å². The number of pyridine rings is 2. The van der Waals surface area contributed by atoms with Crippen LogP contribution in [-0.4, -0.2) is 115 Å². The zero-order chi connectivity index (χ0) is 20.5. The van der Waals surface area contributed by atoms with Crippen LogP contribution < -0.4 is 4.90 Å². The fourth-order valence-electron chi connectivity index (χ4n) is 4.10. The van der Waals surface area contributed by atoms with Crippen molar-refractivity contribution >= 4 is 74.1 Å². The topological polar surface area (TPSA) is 103 Å². The Labute approximate surface area is 222 Å². The number of carbonyl (C=O) groups is 1. The van der Waals surface area contributed by atoms with Crippen molar-refractivity contribution in [1.29, 1.82) is 0 Å². The van der Waals surface area contributed by atoms with Gasteiger partial charge in [-0.3, -0.25) is 4.98 Å². The first-order valence-electron chi connectivity index (χ1n) is 10.2. The molecule has 0 spiro atoms. The third kappa shape index (κ3) is 4.56. The van der Waals surface area contributed by atoms with E-state index in [1.807, 2.05) is 15.6 Å². The molecule has 0 amide bonds. The molecule has 5 heterocycles. The molecule has 0 aliphatic carbocycles. The molecule has 0 aromatic carbocycles. The summed E-state index contributed by atoms with van der Waals surface area (Å²) in [7, 11) is 0. The van der Waals surface area contributed by atoms with Gasteiger partial charge in [-0.05, 0) is 37.5 Å². The Bertz CT molecular complexity index is 1080. The van der Waals surface area contributed by atoms with Crippen LogP contribution in [0.3, 0.4) is 0 Å². The first kappa shape index (κ1) is 22.8. The molecule has 1 atom stereocenters. The predicted molar refractivity (Wildman–Crippen MR) is 117 cm³/mol. The van der Waals surface area contributed by atoms with Gasteiger partial charge >= 0.3 is 57.4 Å². The van der Waals surface area contributed by atoms with E-state index in [0.29, 0.717) is 55.3 Å². The Hall–Kier alpha value is -1.40. The van der Waals surface area contributed by atoms with Crippen molar-refractivity contribution in [1.82, 2.24) is 19.7 Å². The number of rotatable bonds is 4. The Morgan fingerprint density at radius 2 is 1.97 bits per heavy atom. The van der Waals surface area contributed by atoms with Gasteiger partial charge in [-0.15, -0.1) is 0 Å². The summed E-state index contributed by atoms with van der Waals surface area (Å²) < 4.78 is 13.2. The molecular formula is C21H24KN5O4. The Balaban J connectivity index is 0.00000231. The molecule has 2 saturated heterocycles. The van der Waals surface area contributed by atoms with Crippen LogP contribution in [-0.2, 0) is 9.47 Å². The molecule has 0 radical (unpaired) electrons. The normalized spacial score (nSPS) is 19.2. The van der Waals surface area contributed by atoms with Crippen LogP contribution >= 0.6 is 0 Å². The summed E-state index contributed by atoms with van der Waals surface area (Å²) in [5.74, 6) is -0.365. The second kappa shape index (κ2) is 10.0. The average Bonchev–Trinajstić information content (AvgIpc) is 3.29. The van der Waals surface area contributed by atoms with Crippen molar-refractivity contribution in [2.24, 2.45) is 0 Å². The molecule has 3 aromatic heterocycles. The molecule has 3 aromatic rings. The first-order valence-corrected chi connectivity index (χ1v) is 10.2. The maximum absolute atomic E-state index is 12.0. The number of morpholine rings is 1. The van der Waals surface area contributed by atoms with E-state index in [1.54, 1.807) is 24.5 Å². The number of hydrogen-bond donors (Lipinski definition) is 1. The van der Waals surface area contributed by atoms with Crippen molar-refractivity contribution in [3.05, 3.63) is 36.2 Å². The van der Waals surface area contributed by atoms with E-state index in [0.717, 1.165) is 25.0 Å². The number of aromatic nitrogens is 4. The predicted octanol–water partition coefficient (Wildman–Crippen LogP) is 2.08. The van der Waals surface area contributed by atoms with E-state index >= 15 is 0 Å². The van der Waals surface area contributed by atoms with E-state index in [9.17, 15) is 9.90 Å². The minimum atomic E-state index is -0.988. The number of aromatic carboxylic acids is 1. The van der Waals surface area contributed by atoms with Crippen LogP contribution in [0.4, 0.5) is 5.82 Å². The van der Waals surface area contributed by atoms with Gasteiger partial charge in [-0.25, -0.2) is 14.5 Å². The van der Waals surface area contributed by atoms with Crippen molar-refractivity contribution in [3.63, 3.8) is 0 Å². The summed E-state index contributed by atoms with van der Waals surface area (Å²) in [4.78, 5) is 23.5. The van der Waals surface area contributed by atoms with Crippen LogP contribution in [0.2, 0.25) is 0 Å². The van der Waals surface area contributed by atoms with Gasteiger partial charge in [-0.1, -0.05) is 0 Å². The second-order valence-electron chi connectivity index (χ2n) is 7.47.